The molecule has 0 radical (unpaired) electrons. The molecule has 1 aromatic carbocycles. The van der Waals surface area contributed by atoms with Crippen molar-refractivity contribution >= 4 is 5.96 Å². The van der Waals surface area contributed by atoms with Gasteiger partial charge in [0.2, 0.25) is 0 Å². The number of aliphatic imine (C=N–C) groups is 1. The lowest BCUT2D eigenvalue weighted by Gasteiger charge is -2.42. The number of guanidine groups is 1. The normalized spacial score (nSPS) is 23.6. The first-order chi connectivity index (χ1) is 8.62. The fourth-order valence-corrected chi connectivity index (χ4v) is 3.08. The monoisotopic (exact) mass is 245 g/mol. The number of hydrogen-bond acceptors (Lipinski definition) is 3. The molecule has 0 saturated carbocycles. The Labute approximate surface area is 110 Å². The van der Waals surface area contributed by atoms with E-state index in [1.165, 1.54) is 5.56 Å². The Balaban J connectivity index is 2.45. The molecule has 2 rings (SSSR count). The Morgan fingerprint density at radius 1 is 1.33 bits per heavy atom. The van der Waals surface area contributed by atoms with Gasteiger partial charge in [-0.2, -0.15) is 0 Å². The van der Waals surface area contributed by atoms with Crippen molar-refractivity contribution in [1.29, 1.82) is 0 Å². The second kappa shape index (κ2) is 5.01. The predicted molar refractivity (Wildman–Crippen MR) is 76.5 cm³/mol. The number of nitrogens with zero attached hydrogens (tertiary/aromatic N) is 2. The molecule has 3 heteroatoms. The number of rotatable bonds is 4. The predicted octanol–water partition coefficient (Wildman–Crippen LogP) is 2.72. The summed E-state index contributed by atoms with van der Waals surface area (Å²) in [6.45, 7) is 7.36. The zero-order valence-corrected chi connectivity index (χ0v) is 11.6. The third-order valence-corrected chi connectivity index (χ3v) is 3.70. The highest BCUT2D eigenvalue weighted by molar-refractivity contribution is 5.81. The molecular weight excluding hydrogens is 222 g/mol. The lowest BCUT2D eigenvalue weighted by molar-refractivity contribution is 0.151. The lowest BCUT2D eigenvalue weighted by atomic mass is 9.84. The van der Waals surface area contributed by atoms with Crippen LogP contribution >= 0.6 is 0 Å². The summed E-state index contributed by atoms with van der Waals surface area (Å²) in [5.41, 5.74) is 7.38. The van der Waals surface area contributed by atoms with Crippen molar-refractivity contribution in [3.05, 3.63) is 35.9 Å². The van der Waals surface area contributed by atoms with Crippen LogP contribution in [0.25, 0.3) is 0 Å². The van der Waals surface area contributed by atoms with Gasteiger partial charge in [-0.25, -0.2) is 0 Å². The molecule has 1 aromatic rings. The standard InChI is InChI=1S/C15H23N3/c1-4-10-15(13-8-6-5-7-9-13)11-17-14(16)18(15)12(2)3/h5-9,12H,4,10-11H2,1-3H3,(H2,16,17). The van der Waals surface area contributed by atoms with Crippen molar-refractivity contribution in [2.45, 2.75) is 45.2 Å². The molecule has 2 N–H and O–H groups in total. The van der Waals surface area contributed by atoms with Crippen molar-refractivity contribution in [1.82, 2.24) is 4.90 Å². The zero-order valence-electron chi connectivity index (χ0n) is 11.6. The summed E-state index contributed by atoms with van der Waals surface area (Å²) in [5.74, 6) is 0.683. The summed E-state index contributed by atoms with van der Waals surface area (Å²) < 4.78 is 0. The molecular formula is C15H23N3. The van der Waals surface area contributed by atoms with Crippen LogP contribution in [-0.2, 0) is 5.54 Å². The van der Waals surface area contributed by atoms with E-state index in [1.807, 2.05) is 0 Å². The molecule has 0 spiro atoms. The van der Waals surface area contributed by atoms with Crippen LogP contribution in [0.15, 0.2) is 35.3 Å². The van der Waals surface area contributed by atoms with Gasteiger partial charge in [-0.15, -0.1) is 0 Å². The third kappa shape index (κ3) is 1.98. The van der Waals surface area contributed by atoms with Gasteiger partial charge in [0, 0.05) is 6.04 Å². The molecule has 0 bridgehead atoms. The van der Waals surface area contributed by atoms with Crippen LogP contribution in [-0.4, -0.2) is 23.4 Å². The maximum absolute atomic E-state index is 6.10. The molecule has 1 atom stereocenters. The van der Waals surface area contributed by atoms with E-state index in [9.17, 15) is 0 Å². The van der Waals surface area contributed by atoms with Gasteiger partial charge in [0.15, 0.2) is 5.96 Å². The lowest BCUT2D eigenvalue weighted by Crippen LogP contribution is -2.52. The molecule has 0 aliphatic carbocycles. The van der Waals surface area contributed by atoms with E-state index >= 15 is 0 Å². The van der Waals surface area contributed by atoms with Gasteiger partial charge >= 0.3 is 0 Å². The molecule has 0 saturated heterocycles. The van der Waals surface area contributed by atoms with E-state index in [0.717, 1.165) is 19.4 Å². The maximum atomic E-state index is 6.10. The van der Waals surface area contributed by atoms with Crippen molar-refractivity contribution in [2.24, 2.45) is 10.7 Å². The molecule has 1 unspecified atom stereocenters. The van der Waals surface area contributed by atoms with E-state index in [4.69, 9.17) is 5.73 Å². The zero-order chi connectivity index (χ0) is 13.2. The van der Waals surface area contributed by atoms with E-state index in [-0.39, 0.29) is 5.54 Å². The highest BCUT2D eigenvalue weighted by atomic mass is 15.4. The van der Waals surface area contributed by atoms with Gasteiger partial charge < -0.3 is 10.6 Å². The topological polar surface area (TPSA) is 41.6 Å². The first-order valence-corrected chi connectivity index (χ1v) is 6.76. The van der Waals surface area contributed by atoms with E-state index < -0.39 is 0 Å². The van der Waals surface area contributed by atoms with Crippen molar-refractivity contribution in [3.63, 3.8) is 0 Å². The van der Waals surface area contributed by atoms with Crippen molar-refractivity contribution < 1.29 is 0 Å². The summed E-state index contributed by atoms with van der Waals surface area (Å²) in [5, 5.41) is 0. The van der Waals surface area contributed by atoms with Crippen molar-refractivity contribution in [2.75, 3.05) is 6.54 Å². The first kappa shape index (κ1) is 12.9. The first-order valence-electron chi connectivity index (χ1n) is 6.76. The minimum Gasteiger partial charge on any atom is -0.370 e. The molecule has 1 heterocycles. The van der Waals surface area contributed by atoms with E-state index in [1.54, 1.807) is 0 Å². The minimum absolute atomic E-state index is 0.0474. The smallest absolute Gasteiger partial charge is 0.192 e. The summed E-state index contributed by atoms with van der Waals surface area (Å²) >= 11 is 0. The molecule has 0 amide bonds. The Bertz CT molecular complexity index is 425. The third-order valence-electron chi connectivity index (χ3n) is 3.70. The average Bonchev–Trinajstić information content (AvgIpc) is 2.69. The largest absolute Gasteiger partial charge is 0.370 e. The molecule has 1 aliphatic rings. The van der Waals surface area contributed by atoms with Gasteiger partial charge in [0.1, 0.15) is 0 Å². The van der Waals surface area contributed by atoms with Crippen molar-refractivity contribution in [3.8, 4) is 0 Å². The second-order valence-electron chi connectivity index (χ2n) is 5.29. The van der Waals surface area contributed by atoms with E-state index in [0.29, 0.717) is 12.0 Å². The minimum atomic E-state index is -0.0474. The number of nitrogens with two attached hydrogens (primary N) is 1. The van der Waals surface area contributed by atoms with E-state index in [2.05, 4.69) is 61.0 Å². The molecule has 98 valence electrons. The second-order valence-corrected chi connectivity index (χ2v) is 5.29. The van der Waals surface area contributed by atoms with Gasteiger partial charge in [0.05, 0.1) is 12.1 Å². The van der Waals surface area contributed by atoms with Crippen LogP contribution in [0.1, 0.15) is 39.2 Å². The Morgan fingerprint density at radius 2 is 2.00 bits per heavy atom. The van der Waals surface area contributed by atoms with Gasteiger partial charge in [0.25, 0.3) is 0 Å². The average molecular weight is 245 g/mol. The SMILES string of the molecule is CCCC1(c2ccccc2)CN=C(N)N1C(C)C. The summed E-state index contributed by atoms with van der Waals surface area (Å²) in [6.07, 6.45) is 2.21. The summed E-state index contributed by atoms with van der Waals surface area (Å²) in [6, 6.07) is 11.0. The molecule has 18 heavy (non-hydrogen) atoms. The fourth-order valence-electron chi connectivity index (χ4n) is 3.08. The maximum Gasteiger partial charge on any atom is 0.192 e. The molecule has 3 nitrogen and oxygen atoms in total. The van der Waals surface area contributed by atoms with Crippen LogP contribution in [0.3, 0.4) is 0 Å². The van der Waals surface area contributed by atoms with Crippen LogP contribution in [0, 0.1) is 0 Å². The van der Waals surface area contributed by atoms with Crippen LogP contribution in [0.2, 0.25) is 0 Å². The Hall–Kier alpha value is -1.51. The van der Waals surface area contributed by atoms with Crippen LogP contribution < -0.4 is 5.73 Å². The molecule has 1 aliphatic heterocycles. The highest BCUT2D eigenvalue weighted by Crippen LogP contribution is 2.38. The van der Waals surface area contributed by atoms with Crippen LogP contribution in [0.5, 0.6) is 0 Å². The number of benzene rings is 1. The fraction of sp³-hybridized carbons (Fsp3) is 0.533. The quantitative estimate of drug-likeness (QED) is 0.886. The summed E-state index contributed by atoms with van der Waals surface area (Å²) in [7, 11) is 0. The van der Waals surface area contributed by atoms with Gasteiger partial charge in [-0.1, -0.05) is 43.7 Å². The number of hydrogen-bond donors (Lipinski definition) is 1. The molecule has 0 fully saturated rings. The highest BCUT2D eigenvalue weighted by Gasteiger charge is 2.43. The Morgan fingerprint density at radius 3 is 2.56 bits per heavy atom. The van der Waals surface area contributed by atoms with Crippen LogP contribution in [0.4, 0.5) is 0 Å². The van der Waals surface area contributed by atoms with Gasteiger partial charge in [-0.05, 0) is 25.8 Å². The Kier molecular flexibility index (Phi) is 3.60. The molecule has 0 aromatic heterocycles. The van der Waals surface area contributed by atoms with Gasteiger partial charge in [-0.3, -0.25) is 4.99 Å². The summed E-state index contributed by atoms with van der Waals surface area (Å²) in [4.78, 5) is 6.79.